The van der Waals surface area contributed by atoms with E-state index in [-0.39, 0.29) is 17.6 Å². The van der Waals surface area contributed by atoms with Crippen molar-refractivity contribution in [3.05, 3.63) is 107 Å². The van der Waals surface area contributed by atoms with Crippen molar-refractivity contribution in [2.24, 2.45) is 0 Å². The van der Waals surface area contributed by atoms with Crippen LogP contribution < -0.4 is 15.9 Å². The summed E-state index contributed by atoms with van der Waals surface area (Å²) in [5.74, 6) is -0.156. The normalized spacial score (nSPS) is 17.8. The molecule has 0 spiro atoms. The largest absolute Gasteiger partial charge is 0.378 e. The molecule has 0 unspecified atom stereocenters. The average molecular weight is 524 g/mol. The Bertz CT molecular complexity index is 1480. The maximum atomic E-state index is 14.2. The van der Waals surface area contributed by atoms with E-state index >= 15 is 0 Å². The Morgan fingerprint density at radius 1 is 0.872 bits per heavy atom. The summed E-state index contributed by atoms with van der Waals surface area (Å²) in [5, 5.41) is 3.43. The second-order valence-electron chi connectivity index (χ2n) is 10.0. The molecule has 8 nitrogen and oxygen atoms in total. The summed E-state index contributed by atoms with van der Waals surface area (Å²) in [4.78, 5) is 34.9. The molecule has 3 heterocycles. The van der Waals surface area contributed by atoms with E-state index in [0.717, 1.165) is 36.4 Å². The zero-order valence-electron chi connectivity index (χ0n) is 21.9. The average Bonchev–Trinajstić information content (AvgIpc) is 3.35. The van der Waals surface area contributed by atoms with Crippen molar-refractivity contribution in [3.63, 3.8) is 0 Å². The van der Waals surface area contributed by atoms with Crippen molar-refractivity contribution in [2.75, 3.05) is 50.8 Å². The maximum Gasteiger partial charge on any atom is 0.331 e. The van der Waals surface area contributed by atoms with Gasteiger partial charge in [-0.1, -0.05) is 66.7 Å². The highest BCUT2D eigenvalue weighted by Crippen LogP contribution is 2.28. The number of carbonyl (C=O) groups is 1. The topological polar surface area (TPSA) is 82.6 Å². The Hall–Kier alpha value is -4.14. The minimum absolute atomic E-state index is 0.0197. The molecule has 2 aliphatic rings. The van der Waals surface area contributed by atoms with Crippen LogP contribution >= 0.6 is 0 Å². The van der Waals surface area contributed by atoms with Crippen LogP contribution in [0.15, 0.2) is 89.7 Å². The van der Waals surface area contributed by atoms with E-state index in [1.54, 1.807) is 4.57 Å². The van der Waals surface area contributed by atoms with Crippen LogP contribution in [0.5, 0.6) is 0 Å². The van der Waals surface area contributed by atoms with Gasteiger partial charge in [-0.15, -0.1) is 0 Å². The Labute approximate surface area is 227 Å². The number of aromatic nitrogens is 2. The molecule has 0 saturated carbocycles. The lowest BCUT2D eigenvalue weighted by Gasteiger charge is -2.36. The SMILES string of the molecule is O=C(c1[nH]c(=O)n(-c2cccc(N3CCOCC3)c2)c1-c1ccccc1)N1CCNC[C@H]1Cc1ccccc1. The summed E-state index contributed by atoms with van der Waals surface area (Å²) < 4.78 is 7.16. The predicted molar refractivity (Wildman–Crippen MR) is 153 cm³/mol. The van der Waals surface area contributed by atoms with Crippen molar-refractivity contribution in [3.8, 4) is 16.9 Å². The predicted octanol–water partition coefficient (Wildman–Crippen LogP) is 3.33. The second kappa shape index (κ2) is 11.3. The monoisotopic (exact) mass is 523 g/mol. The number of hydrogen-bond donors (Lipinski definition) is 2. The van der Waals surface area contributed by atoms with Gasteiger partial charge in [0.05, 0.1) is 24.6 Å². The number of nitrogens with zero attached hydrogens (tertiary/aromatic N) is 3. The lowest BCUT2D eigenvalue weighted by Crippen LogP contribution is -2.54. The van der Waals surface area contributed by atoms with Gasteiger partial charge in [-0.2, -0.15) is 0 Å². The lowest BCUT2D eigenvalue weighted by atomic mass is 10.0. The van der Waals surface area contributed by atoms with Crippen LogP contribution in [0.4, 0.5) is 5.69 Å². The maximum absolute atomic E-state index is 14.2. The van der Waals surface area contributed by atoms with Crippen molar-refractivity contribution in [2.45, 2.75) is 12.5 Å². The Morgan fingerprint density at radius 2 is 1.59 bits per heavy atom. The number of aromatic amines is 1. The first-order chi connectivity index (χ1) is 19.2. The fourth-order valence-electron chi connectivity index (χ4n) is 5.60. The smallest absolute Gasteiger partial charge is 0.331 e. The van der Waals surface area contributed by atoms with Gasteiger partial charge in [0.25, 0.3) is 5.91 Å². The third-order valence-corrected chi connectivity index (χ3v) is 7.55. The number of piperazine rings is 1. The molecular weight excluding hydrogens is 490 g/mol. The molecule has 3 aromatic carbocycles. The fraction of sp³-hybridized carbons (Fsp3) is 0.290. The summed E-state index contributed by atoms with van der Waals surface area (Å²) in [7, 11) is 0. The first-order valence-corrected chi connectivity index (χ1v) is 13.6. The summed E-state index contributed by atoms with van der Waals surface area (Å²) in [5.41, 5.74) is 4.32. The molecule has 0 bridgehead atoms. The van der Waals surface area contributed by atoms with E-state index in [0.29, 0.717) is 44.2 Å². The summed E-state index contributed by atoms with van der Waals surface area (Å²) in [6.07, 6.45) is 0.743. The standard InChI is InChI=1S/C31H33N5O3/c37-30(35-15-14-32-22-27(35)20-23-8-3-1-4-9-23)28-29(24-10-5-2-6-11-24)36(31(38)33-28)26-13-7-12-25(21-26)34-16-18-39-19-17-34/h1-13,21,27,32H,14-20,22H2,(H,33,38)/t27-/m1/s1. The van der Waals surface area contributed by atoms with Crippen LogP contribution in [0.25, 0.3) is 16.9 Å². The van der Waals surface area contributed by atoms with Crippen LogP contribution in [0, 0.1) is 0 Å². The van der Waals surface area contributed by atoms with Crippen LogP contribution in [-0.2, 0) is 11.2 Å². The van der Waals surface area contributed by atoms with Gasteiger partial charge in [-0.25, -0.2) is 4.79 Å². The highest BCUT2D eigenvalue weighted by Gasteiger charge is 2.32. The third-order valence-electron chi connectivity index (χ3n) is 7.55. The van der Waals surface area contributed by atoms with Gasteiger partial charge in [-0.05, 0) is 30.2 Å². The van der Waals surface area contributed by atoms with Crippen LogP contribution in [-0.4, -0.2) is 72.3 Å². The minimum atomic E-state index is -0.328. The van der Waals surface area contributed by atoms with E-state index in [2.05, 4.69) is 33.4 Å². The van der Waals surface area contributed by atoms with Crippen molar-refractivity contribution >= 4 is 11.6 Å². The van der Waals surface area contributed by atoms with Crippen LogP contribution in [0.2, 0.25) is 0 Å². The number of amides is 1. The van der Waals surface area contributed by atoms with Crippen LogP contribution in [0.1, 0.15) is 16.1 Å². The summed E-state index contributed by atoms with van der Waals surface area (Å²) in [6, 6.07) is 27.8. The summed E-state index contributed by atoms with van der Waals surface area (Å²) >= 11 is 0. The van der Waals surface area contributed by atoms with Gasteiger partial charge in [0.1, 0.15) is 5.69 Å². The zero-order valence-corrected chi connectivity index (χ0v) is 21.9. The quantitative estimate of drug-likeness (QED) is 0.405. The van der Waals surface area contributed by atoms with Crippen molar-refractivity contribution in [1.82, 2.24) is 19.8 Å². The molecule has 6 rings (SSSR count). The molecule has 2 aliphatic heterocycles. The Kier molecular flexibility index (Phi) is 7.29. The number of carbonyl (C=O) groups excluding carboxylic acids is 1. The molecule has 1 amide bonds. The molecule has 2 fully saturated rings. The third kappa shape index (κ3) is 5.26. The van der Waals surface area contributed by atoms with Gasteiger partial charge in [0.2, 0.25) is 0 Å². The molecule has 2 N–H and O–H groups in total. The molecular formula is C31H33N5O3. The molecule has 4 aromatic rings. The number of morpholine rings is 1. The lowest BCUT2D eigenvalue weighted by molar-refractivity contribution is 0.0631. The van der Waals surface area contributed by atoms with Gasteiger partial charge < -0.3 is 24.8 Å². The number of hydrogen-bond acceptors (Lipinski definition) is 5. The molecule has 2 saturated heterocycles. The van der Waals surface area contributed by atoms with E-state index in [4.69, 9.17) is 4.74 Å². The molecule has 39 heavy (non-hydrogen) atoms. The second-order valence-corrected chi connectivity index (χ2v) is 10.0. The molecule has 200 valence electrons. The number of imidazole rings is 1. The first kappa shape index (κ1) is 25.2. The van der Waals surface area contributed by atoms with E-state index in [1.165, 1.54) is 5.56 Å². The molecule has 0 radical (unpaired) electrons. The number of rotatable bonds is 6. The number of nitrogens with one attached hydrogen (secondary N) is 2. The zero-order chi connectivity index (χ0) is 26.6. The first-order valence-electron chi connectivity index (χ1n) is 13.6. The summed E-state index contributed by atoms with van der Waals surface area (Å²) in [6.45, 7) is 4.94. The van der Waals surface area contributed by atoms with Gasteiger partial charge in [-0.3, -0.25) is 9.36 Å². The van der Waals surface area contributed by atoms with Crippen molar-refractivity contribution in [1.29, 1.82) is 0 Å². The molecule has 1 aromatic heterocycles. The van der Waals surface area contributed by atoms with E-state index < -0.39 is 0 Å². The number of anilines is 1. The number of H-pyrrole nitrogens is 1. The number of ether oxygens (including phenoxy) is 1. The number of benzene rings is 3. The van der Waals surface area contributed by atoms with Gasteiger partial charge in [0.15, 0.2) is 0 Å². The highest BCUT2D eigenvalue weighted by atomic mass is 16.5. The molecule has 1 atom stereocenters. The van der Waals surface area contributed by atoms with Crippen molar-refractivity contribution < 1.29 is 9.53 Å². The molecule has 8 heteroatoms. The Morgan fingerprint density at radius 3 is 2.36 bits per heavy atom. The van der Waals surface area contributed by atoms with Gasteiger partial charge >= 0.3 is 5.69 Å². The fourth-order valence-corrected chi connectivity index (χ4v) is 5.60. The molecule has 0 aliphatic carbocycles. The van der Waals surface area contributed by atoms with E-state index in [1.807, 2.05) is 71.6 Å². The van der Waals surface area contributed by atoms with Gasteiger partial charge in [0, 0.05) is 50.0 Å². The highest BCUT2D eigenvalue weighted by molar-refractivity contribution is 5.99. The minimum Gasteiger partial charge on any atom is -0.378 e. The van der Waals surface area contributed by atoms with Crippen LogP contribution in [0.3, 0.4) is 0 Å². The Balaban J connectivity index is 1.41. The van der Waals surface area contributed by atoms with E-state index in [9.17, 15) is 9.59 Å².